The lowest BCUT2D eigenvalue weighted by Gasteiger charge is -2.28. The van der Waals surface area contributed by atoms with Crippen LogP contribution in [0.5, 0.6) is 5.75 Å². The summed E-state index contributed by atoms with van der Waals surface area (Å²) in [5.41, 5.74) is 2.15. The highest BCUT2D eigenvalue weighted by Gasteiger charge is 2.27. The highest BCUT2D eigenvalue weighted by atomic mass is 16.5. The number of nitrogens with zero attached hydrogens (tertiary/aromatic N) is 2. The zero-order chi connectivity index (χ0) is 16.4. The Labute approximate surface area is 135 Å². The summed E-state index contributed by atoms with van der Waals surface area (Å²) in [7, 11) is 3.44. The average Bonchev–Trinajstić information content (AvgIpc) is 2.58. The van der Waals surface area contributed by atoms with Crippen LogP contribution in [0.1, 0.15) is 15.9 Å². The molecule has 5 nitrogen and oxygen atoms in total. The van der Waals surface area contributed by atoms with E-state index in [1.165, 1.54) is 4.90 Å². The van der Waals surface area contributed by atoms with Crippen LogP contribution in [0.15, 0.2) is 48.5 Å². The van der Waals surface area contributed by atoms with Crippen LogP contribution in [0.2, 0.25) is 0 Å². The number of amides is 2. The number of rotatable bonds is 3. The number of anilines is 1. The fourth-order valence-corrected chi connectivity index (χ4v) is 2.61. The molecular formula is C18H18N2O3. The molecule has 3 rings (SSSR count). The normalized spacial score (nSPS) is 13.3. The molecule has 0 saturated heterocycles. The number of carbonyl (C=O) groups is 2. The van der Waals surface area contributed by atoms with E-state index < -0.39 is 0 Å². The van der Waals surface area contributed by atoms with Crippen LogP contribution in [0.25, 0.3) is 0 Å². The number of fused-ring (bicyclic) bond motifs is 1. The second-order valence-corrected chi connectivity index (χ2v) is 5.54. The molecule has 0 aliphatic carbocycles. The van der Waals surface area contributed by atoms with Crippen LogP contribution in [-0.4, -0.2) is 37.4 Å². The summed E-state index contributed by atoms with van der Waals surface area (Å²) in [4.78, 5) is 27.6. The molecule has 0 saturated carbocycles. The van der Waals surface area contributed by atoms with Gasteiger partial charge in [0.05, 0.1) is 11.3 Å². The predicted octanol–water partition coefficient (Wildman–Crippen LogP) is 2.31. The van der Waals surface area contributed by atoms with Gasteiger partial charge in [0.25, 0.3) is 11.8 Å². The first-order valence-electron chi connectivity index (χ1n) is 7.39. The van der Waals surface area contributed by atoms with Gasteiger partial charge in [-0.25, -0.2) is 0 Å². The van der Waals surface area contributed by atoms with Crippen molar-refractivity contribution in [1.82, 2.24) is 4.90 Å². The van der Waals surface area contributed by atoms with Gasteiger partial charge < -0.3 is 14.5 Å². The Bertz CT molecular complexity index is 743. The van der Waals surface area contributed by atoms with Gasteiger partial charge in [0.15, 0.2) is 12.4 Å². The van der Waals surface area contributed by atoms with Gasteiger partial charge in [-0.2, -0.15) is 0 Å². The van der Waals surface area contributed by atoms with Crippen LogP contribution in [0.3, 0.4) is 0 Å². The lowest BCUT2D eigenvalue weighted by Crippen LogP contribution is -2.36. The lowest BCUT2D eigenvalue weighted by molar-refractivity contribution is -0.121. The molecule has 1 heterocycles. The number of carbonyl (C=O) groups excluding carboxylic acids is 2. The van der Waals surface area contributed by atoms with Crippen molar-refractivity contribution in [3.8, 4) is 5.75 Å². The van der Waals surface area contributed by atoms with E-state index in [1.54, 1.807) is 37.2 Å². The first-order valence-corrected chi connectivity index (χ1v) is 7.39. The third-order valence-corrected chi connectivity index (χ3v) is 3.91. The summed E-state index contributed by atoms with van der Waals surface area (Å²) < 4.78 is 5.52. The van der Waals surface area contributed by atoms with E-state index in [0.717, 1.165) is 5.56 Å². The molecule has 0 N–H and O–H groups in total. The predicted molar refractivity (Wildman–Crippen MR) is 87.6 cm³/mol. The second-order valence-electron chi connectivity index (χ2n) is 5.54. The number of hydrogen-bond acceptors (Lipinski definition) is 3. The Morgan fingerprint density at radius 3 is 2.65 bits per heavy atom. The zero-order valence-corrected chi connectivity index (χ0v) is 13.2. The molecule has 0 spiro atoms. The Morgan fingerprint density at radius 1 is 1.17 bits per heavy atom. The summed E-state index contributed by atoms with van der Waals surface area (Å²) >= 11 is 0. The van der Waals surface area contributed by atoms with E-state index in [4.69, 9.17) is 4.74 Å². The van der Waals surface area contributed by atoms with E-state index in [0.29, 0.717) is 23.5 Å². The number of hydrogen-bond donors (Lipinski definition) is 0. The summed E-state index contributed by atoms with van der Waals surface area (Å²) in [5, 5.41) is 0. The maximum Gasteiger partial charge on any atom is 0.264 e. The minimum atomic E-state index is -0.131. The summed E-state index contributed by atoms with van der Waals surface area (Å²) in [5.74, 6) is 0.215. The van der Waals surface area contributed by atoms with Gasteiger partial charge in [0.2, 0.25) is 0 Å². The second kappa shape index (κ2) is 6.12. The molecule has 5 heteroatoms. The van der Waals surface area contributed by atoms with Crippen molar-refractivity contribution in [2.24, 2.45) is 0 Å². The minimum Gasteiger partial charge on any atom is -0.481 e. The molecule has 1 aliphatic rings. The van der Waals surface area contributed by atoms with Crippen molar-refractivity contribution in [2.75, 3.05) is 25.6 Å². The minimum absolute atomic E-state index is 0.0454. The van der Waals surface area contributed by atoms with Crippen molar-refractivity contribution in [1.29, 1.82) is 0 Å². The maximum absolute atomic E-state index is 12.8. The van der Waals surface area contributed by atoms with Gasteiger partial charge in [-0.3, -0.25) is 9.59 Å². The molecule has 118 valence electrons. The molecular weight excluding hydrogens is 292 g/mol. The standard InChI is InChI=1S/C18H18N2O3/c1-19(11-13-7-4-3-5-8-13)18(22)14-9-6-10-15-17(14)23-12-16(21)20(15)2/h3-10H,11-12H2,1-2H3. The largest absolute Gasteiger partial charge is 0.481 e. The first kappa shape index (κ1) is 15.1. The highest BCUT2D eigenvalue weighted by molar-refractivity contribution is 6.03. The zero-order valence-electron chi connectivity index (χ0n) is 13.2. The molecule has 0 unspecified atom stereocenters. The van der Waals surface area contributed by atoms with Gasteiger partial charge in [-0.15, -0.1) is 0 Å². The van der Waals surface area contributed by atoms with Crippen LogP contribution >= 0.6 is 0 Å². The summed E-state index contributed by atoms with van der Waals surface area (Å²) in [6.45, 7) is 0.467. The van der Waals surface area contributed by atoms with E-state index in [2.05, 4.69) is 0 Å². The van der Waals surface area contributed by atoms with E-state index >= 15 is 0 Å². The molecule has 0 radical (unpaired) electrons. The monoisotopic (exact) mass is 310 g/mol. The van der Waals surface area contributed by atoms with Gasteiger partial charge >= 0.3 is 0 Å². The van der Waals surface area contributed by atoms with Crippen molar-refractivity contribution >= 4 is 17.5 Å². The van der Waals surface area contributed by atoms with Crippen molar-refractivity contribution in [2.45, 2.75) is 6.54 Å². The van der Waals surface area contributed by atoms with Crippen molar-refractivity contribution in [3.05, 3.63) is 59.7 Å². The fourth-order valence-electron chi connectivity index (χ4n) is 2.61. The summed E-state index contributed by atoms with van der Waals surface area (Å²) in [6, 6.07) is 15.1. The van der Waals surface area contributed by atoms with Crippen LogP contribution in [-0.2, 0) is 11.3 Å². The van der Waals surface area contributed by atoms with E-state index in [9.17, 15) is 9.59 Å². The van der Waals surface area contributed by atoms with Crippen molar-refractivity contribution < 1.29 is 14.3 Å². The lowest BCUT2D eigenvalue weighted by atomic mass is 10.1. The molecule has 23 heavy (non-hydrogen) atoms. The Morgan fingerprint density at radius 2 is 1.91 bits per heavy atom. The number of benzene rings is 2. The molecule has 0 bridgehead atoms. The molecule has 0 atom stereocenters. The quantitative estimate of drug-likeness (QED) is 0.874. The number of para-hydroxylation sites is 1. The molecule has 2 aromatic carbocycles. The molecule has 2 amide bonds. The SMILES string of the molecule is CN(Cc1ccccc1)C(=O)c1cccc2c1OCC(=O)N2C. The van der Waals surface area contributed by atoms with Gasteiger partial charge in [-0.05, 0) is 17.7 Å². The topological polar surface area (TPSA) is 49.9 Å². The third kappa shape index (κ3) is 2.90. The van der Waals surface area contributed by atoms with Gasteiger partial charge in [-0.1, -0.05) is 36.4 Å². The van der Waals surface area contributed by atoms with Gasteiger partial charge in [0, 0.05) is 20.6 Å². The van der Waals surface area contributed by atoms with Crippen LogP contribution in [0.4, 0.5) is 5.69 Å². The molecule has 0 fully saturated rings. The Balaban J connectivity index is 1.87. The molecule has 2 aromatic rings. The Hall–Kier alpha value is -2.82. The molecule has 0 aromatic heterocycles. The van der Waals surface area contributed by atoms with Crippen molar-refractivity contribution in [3.63, 3.8) is 0 Å². The summed E-state index contributed by atoms with van der Waals surface area (Å²) in [6.07, 6.45) is 0. The fraction of sp³-hybridized carbons (Fsp3) is 0.222. The third-order valence-electron chi connectivity index (χ3n) is 3.91. The number of ether oxygens (including phenoxy) is 1. The maximum atomic E-state index is 12.8. The van der Waals surface area contributed by atoms with Gasteiger partial charge in [0.1, 0.15) is 0 Å². The average molecular weight is 310 g/mol. The van der Waals surface area contributed by atoms with E-state index in [-0.39, 0.29) is 18.4 Å². The van der Waals surface area contributed by atoms with Crippen LogP contribution in [0, 0.1) is 0 Å². The Kier molecular flexibility index (Phi) is 4.02. The van der Waals surface area contributed by atoms with E-state index in [1.807, 2.05) is 30.3 Å². The first-order chi connectivity index (χ1) is 11.1. The van der Waals surface area contributed by atoms with Crippen LogP contribution < -0.4 is 9.64 Å². The number of likely N-dealkylation sites (N-methyl/N-ethyl adjacent to an activating group) is 1. The highest BCUT2D eigenvalue weighted by Crippen LogP contribution is 2.35. The molecule has 1 aliphatic heterocycles. The smallest absolute Gasteiger partial charge is 0.264 e.